The number of rotatable bonds is 7. The number of amides is 3. The molecule has 0 spiro atoms. The Kier molecular flexibility index (Phi) is 4.91. The number of imidazole rings is 1. The number of ether oxygens (including phenoxy) is 1. The zero-order chi connectivity index (χ0) is 22.5. The van der Waals surface area contributed by atoms with Crippen molar-refractivity contribution in [3.63, 3.8) is 0 Å². The largest absolute Gasteiger partial charge is 0.496 e. The summed E-state index contributed by atoms with van der Waals surface area (Å²) in [6.07, 6.45) is 5.09. The molecule has 3 amide bonds. The number of aromatic nitrogens is 2. The van der Waals surface area contributed by atoms with Gasteiger partial charge in [0.25, 0.3) is 11.8 Å². The van der Waals surface area contributed by atoms with Crippen molar-refractivity contribution < 1.29 is 19.1 Å². The van der Waals surface area contributed by atoms with Crippen molar-refractivity contribution in [2.24, 2.45) is 0 Å². The Hall–Kier alpha value is -3.36. The number of hydrogen-bond donors (Lipinski definition) is 2. The van der Waals surface area contributed by atoms with Gasteiger partial charge in [0.2, 0.25) is 5.91 Å². The fraction of sp³-hybridized carbons (Fsp3) is 0.478. The van der Waals surface area contributed by atoms with E-state index < -0.39 is 5.54 Å². The molecule has 168 valence electrons. The van der Waals surface area contributed by atoms with Gasteiger partial charge in [-0.15, -0.1) is 0 Å². The standard InChI is InChI=1S/C23H27N5O4/c1-23(22(31)24-11-14-5-3-4-6-17(14)32-2)12-27-13-25-18(20(29)26-15-7-8-15)19(27)21(30)28(23)16-9-10-16/h3-6,13,15-16H,7-12H2,1-2H3,(H,24,31)(H,26,29)/t23-/m1/s1. The molecule has 2 aromatic rings. The first-order chi connectivity index (χ1) is 15.4. The van der Waals surface area contributed by atoms with Gasteiger partial charge in [-0.25, -0.2) is 4.98 Å². The molecule has 2 fully saturated rings. The highest BCUT2D eigenvalue weighted by atomic mass is 16.5. The molecule has 1 aromatic carbocycles. The van der Waals surface area contributed by atoms with E-state index in [4.69, 9.17) is 4.74 Å². The molecule has 0 saturated heterocycles. The van der Waals surface area contributed by atoms with Gasteiger partial charge in [0.15, 0.2) is 5.69 Å². The van der Waals surface area contributed by atoms with Gasteiger partial charge < -0.3 is 24.8 Å². The normalized spacial score (nSPS) is 22.3. The van der Waals surface area contributed by atoms with Crippen LogP contribution in [0.3, 0.4) is 0 Å². The van der Waals surface area contributed by atoms with Crippen molar-refractivity contribution in [2.45, 2.75) is 63.3 Å². The van der Waals surface area contributed by atoms with Gasteiger partial charge in [-0.1, -0.05) is 18.2 Å². The summed E-state index contributed by atoms with van der Waals surface area (Å²) in [5.41, 5.74) is 0.182. The average Bonchev–Trinajstić information content (AvgIpc) is 3.72. The Morgan fingerprint density at radius 3 is 2.66 bits per heavy atom. The molecule has 2 aliphatic carbocycles. The molecule has 3 aliphatic rings. The average molecular weight is 438 g/mol. The third kappa shape index (κ3) is 3.51. The van der Waals surface area contributed by atoms with Crippen molar-refractivity contribution >= 4 is 17.7 Å². The van der Waals surface area contributed by atoms with Crippen LogP contribution in [0.25, 0.3) is 0 Å². The maximum absolute atomic E-state index is 13.6. The SMILES string of the molecule is COc1ccccc1CNC(=O)[C@@]1(C)Cn2cnc(C(=O)NC3CC3)c2C(=O)N1C1CC1. The summed E-state index contributed by atoms with van der Waals surface area (Å²) >= 11 is 0. The fourth-order valence-electron chi connectivity index (χ4n) is 4.42. The first kappa shape index (κ1) is 20.5. The zero-order valence-electron chi connectivity index (χ0n) is 18.3. The first-order valence-corrected chi connectivity index (χ1v) is 11.0. The van der Waals surface area contributed by atoms with Crippen molar-refractivity contribution in [3.05, 3.63) is 47.5 Å². The van der Waals surface area contributed by atoms with Gasteiger partial charge in [0.1, 0.15) is 17.0 Å². The van der Waals surface area contributed by atoms with Crippen molar-refractivity contribution in [1.82, 2.24) is 25.1 Å². The molecule has 2 N–H and O–H groups in total. The number of nitrogens with zero attached hydrogens (tertiary/aromatic N) is 3. The van der Waals surface area contributed by atoms with E-state index in [1.165, 1.54) is 6.33 Å². The predicted octanol–water partition coefficient (Wildman–Crippen LogP) is 1.48. The molecule has 2 saturated carbocycles. The lowest BCUT2D eigenvalue weighted by atomic mass is 9.93. The van der Waals surface area contributed by atoms with E-state index in [2.05, 4.69) is 15.6 Å². The van der Waals surface area contributed by atoms with E-state index in [0.29, 0.717) is 5.75 Å². The Balaban J connectivity index is 1.41. The summed E-state index contributed by atoms with van der Waals surface area (Å²) in [4.78, 5) is 45.5. The van der Waals surface area contributed by atoms with Crippen LogP contribution in [0, 0.1) is 0 Å². The molecule has 0 unspecified atom stereocenters. The maximum atomic E-state index is 13.6. The van der Waals surface area contributed by atoms with Crippen molar-refractivity contribution in [2.75, 3.05) is 7.11 Å². The minimum Gasteiger partial charge on any atom is -0.496 e. The van der Waals surface area contributed by atoms with Crippen LogP contribution in [0.1, 0.15) is 59.1 Å². The van der Waals surface area contributed by atoms with Gasteiger partial charge in [-0.05, 0) is 38.7 Å². The molecule has 0 bridgehead atoms. The van der Waals surface area contributed by atoms with Crippen LogP contribution >= 0.6 is 0 Å². The molecule has 32 heavy (non-hydrogen) atoms. The number of nitrogens with one attached hydrogen (secondary N) is 2. The molecule has 0 radical (unpaired) electrons. The van der Waals surface area contributed by atoms with E-state index in [0.717, 1.165) is 31.2 Å². The molecule has 5 rings (SSSR count). The molecular formula is C23H27N5O4. The minimum atomic E-state index is -1.09. The molecular weight excluding hydrogens is 410 g/mol. The van der Waals surface area contributed by atoms with Crippen LogP contribution in [-0.2, 0) is 17.9 Å². The van der Waals surface area contributed by atoms with E-state index in [-0.39, 0.29) is 54.3 Å². The van der Waals surface area contributed by atoms with Gasteiger partial charge in [-0.2, -0.15) is 0 Å². The first-order valence-electron chi connectivity index (χ1n) is 11.0. The van der Waals surface area contributed by atoms with Crippen molar-refractivity contribution in [1.29, 1.82) is 0 Å². The van der Waals surface area contributed by atoms with Gasteiger partial charge in [-0.3, -0.25) is 14.4 Å². The second-order valence-corrected chi connectivity index (χ2v) is 8.99. The number of methoxy groups -OCH3 is 1. The Morgan fingerprint density at radius 1 is 1.22 bits per heavy atom. The van der Waals surface area contributed by atoms with E-state index in [9.17, 15) is 14.4 Å². The van der Waals surface area contributed by atoms with Crippen LogP contribution in [0.2, 0.25) is 0 Å². The number of hydrogen-bond acceptors (Lipinski definition) is 5. The van der Waals surface area contributed by atoms with Crippen LogP contribution < -0.4 is 15.4 Å². The zero-order valence-corrected chi connectivity index (χ0v) is 18.3. The molecule has 9 heteroatoms. The van der Waals surface area contributed by atoms with Crippen LogP contribution in [0.4, 0.5) is 0 Å². The second kappa shape index (κ2) is 7.65. The van der Waals surface area contributed by atoms with E-state index in [1.807, 2.05) is 24.3 Å². The summed E-state index contributed by atoms with van der Waals surface area (Å²) in [7, 11) is 1.59. The van der Waals surface area contributed by atoms with Crippen LogP contribution in [0.15, 0.2) is 30.6 Å². The van der Waals surface area contributed by atoms with Crippen LogP contribution in [0.5, 0.6) is 5.75 Å². The smallest absolute Gasteiger partial charge is 0.274 e. The molecule has 1 atom stereocenters. The Labute approximate surface area is 186 Å². The molecule has 9 nitrogen and oxygen atoms in total. The highest BCUT2D eigenvalue weighted by molar-refractivity contribution is 6.07. The lowest BCUT2D eigenvalue weighted by Crippen LogP contribution is -2.64. The summed E-state index contributed by atoms with van der Waals surface area (Å²) in [5.74, 6) is -0.186. The van der Waals surface area contributed by atoms with E-state index >= 15 is 0 Å². The number of carbonyl (C=O) groups excluding carboxylic acids is 3. The summed E-state index contributed by atoms with van der Waals surface area (Å²) in [5, 5.41) is 5.89. The number of benzene rings is 1. The predicted molar refractivity (Wildman–Crippen MR) is 115 cm³/mol. The number of carbonyl (C=O) groups is 3. The fourth-order valence-corrected chi connectivity index (χ4v) is 4.42. The molecule has 1 aromatic heterocycles. The second-order valence-electron chi connectivity index (χ2n) is 8.99. The molecule has 2 heterocycles. The monoisotopic (exact) mass is 437 g/mol. The van der Waals surface area contributed by atoms with E-state index in [1.54, 1.807) is 23.5 Å². The maximum Gasteiger partial charge on any atom is 0.274 e. The summed E-state index contributed by atoms with van der Waals surface area (Å²) < 4.78 is 7.02. The third-order valence-corrected chi connectivity index (χ3v) is 6.43. The third-order valence-electron chi connectivity index (χ3n) is 6.43. The molecule has 1 aliphatic heterocycles. The summed E-state index contributed by atoms with van der Waals surface area (Å²) in [6, 6.07) is 7.66. The van der Waals surface area contributed by atoms with Gasteiger partial charge in [0.05, 0.1) is 20.0 Å². The van der Waals surface area contributed by atoms with Gasteiger partial charge >= 0.3 is 0 Å². The lowest BCUT2D eigenvalue weighted by molar-refractivity contribution is -0.133. The minimum absolute atomic E-state index is 0.00694. The number of fused-ring (bicyclic) bond motifs is 1. The Bertz CT molecular complexity index is 1090. The quantitative estimate of drug-likeness (QED) is 0.683. The highest BCUT2D eigenvalue weighted by Gasteiger charge is 2.53. The van der Waals surface area contributed by atoms with Crippen molar-refractivity contribution in [3.8, 4) is 5.75 Å². The highest BCUT2D eigenvalue weighted by Crippen LogP contribution is 2.39. The summed E-state index contributed by atoms with van der Waals surface area (Å²) in [6.45, 7) is 2.32. The Morgan fingerprint density at radius 2 is 1.97 bits per heavy atom. The van der Waals surface area contributed by atoms with Gasteiger partial charge in [0, 0.05) is 24.2 Å². The van der Waals surface area contributed by atoms with Crippen LogP contribution in [-0.4, -0.2) is 56.9 Å². The lowest BCUT2D eigenvalue weighted by Gasteiger charge is -2.44. The topological polar surface area (TPSA) is 106 Å². The number of para-hydroxylation sites is 1.